The molecule has 0 bridgehead atoms. The van der Waals surface area contributed by atoms with Crippen LogP contribution in [0.2, 0.25) is 0 Å². The summed E-state index contributed by atoms with van der Waals surface area (Å²) < 4.78 is 0. The third-order valence-corrected chi connectivity index (χ3v) is 1.08. The Kier molecular flexibility index (Phi) is 5.96. The molecule has 0 unspecified atom stereocenters. The van der Waals surface area contributed by atoms with Crippen molar-refractivity contribution in [1.29, 1.82) is 0 Å². The van der Waals surface area contributed by atoms with Crippen molar-refractivity contribution >= 4 is 6.29 Å². The van der Waals surface area contributed by atoms with Crippen molar-refractivity contribution in [2.75, 3.05) is 13.2 Å². The molecular weight excluding hydrogens is 150 g/mol. The second-order valence-corrected chi connectivity index (χ2v) is 2.09. The molecule has 11 heavy (non-hydrogen) atoms. The van der Waals surface area contributed by atoms with Crippen LogP contribution >= 0.6 is 0 Å². The van der Waals surface area contributed by atoms with E-state index in [-0.39, 0.29) is 13.2 Å². The third-order valence-electron chi connectivity index (χ3n) is 1.08. The topological polar surface area (TPSA) is 78.8 Å². The lowest BCUT2D eigenvalue weighted by Gasteiger charge is -2.13. The number of carbonyl (C=O) groups excluding carboxylic acids is 1. The molecule has 0 aliphatic rings. The highest BCUT2D eigenvalue weighted by Crippen LogP contribution is 1.87. The fourth-order valence-corrected chi connectivity index (χ4v) is 0.441. The molecule has 0 aromatic carbocycles. The van der Waals surface area contributed by atoms with Crippen LogP contribution in [-0.4, -0.2) is 41.9 Å². The van der Waals surface area contributed by atoms with E-state index >= 15 is 0 Å². The molecule has 5 nitrogen and oxygen atoms in total. The van der Waals surface area contributed by atoms with Crippen LogP contribution in [-0.2, 0) is 9.63 Å². The van der Waals surface area contributed by atoms with Gasteiger partial charge in [-0.05, 0) is 6.92 Å². The van der Waals surface area contributed by atoms with E-state index in [1.165, 1.54) is 6.92 Å². The summed E-state index contributed by atoms with van der Waals surface area (Å²) >= 11 is 0. The maximum Gasteiger partial charge on any atom is 0.141 e. The molecule has 5 heteroatoms. The molecule has 0 spiro atoms. The number of carbonyl (C=O) groups is 1. The Labute approximate surface area is 64.9 Å². The number of hydrogen-bond donors (Lipinski definition) is 3. The third kappa shape index (κ3) is 4.86. The molecule has 0 amide bonds. The summed E-state index contributed by atoms with van der Waals surface area (Å²) in [5.74, 6) is 0. The van der Waals surface area contributed by atoms with Gasteiger partial charge in [-0.1, -0.05) is 0 Å². The number of hydrogen-bond acceptors (Lipinski definition) is 5. The Bertz CT molecular complexity index is 107. The van der Waals surface area contributed by atoms with Crippen LogP contribution in [0.3, 0.4) is 0 Å². The van der Waals surface area contributed by atoms with Gasteiger partial charge in [0, 0.05) is 0 Å². The molecule has 0 aliphatic carbocycles. The van der Waals surface area contributed by atoms with Crippen LogP contribution in [0, 0.1) is 0 Å². The van der Waals surface area contributed by atoms with E-state index in [4.69, 9.17) is 10.2 Å². The van der Waals surface area contributed by atoms with Crippen LogP contribution in [0.15, 0.2) is 0 Å². The minimum absolute atomic E-state index is 0.0943. The average molecular weight is 163 g/mol. The fraction of sp³-hybridized carbons (Fsp3) is 0.833. The van der Waals surface area contributed by atoms with Gasteiger partial charge in [-0.2, -0.15) is 5.48 Å². The zero-order chi connectivity index (χ0) is 8.69. The minimum atomic E-state index is -0.800. The quantitative estimate of drug-likeness (QED) is 0.251. The first-order valence-electron chi connectivity index (χ1n) is 3.34. The summed E-state index contributed by atoms with van der Waals surface area (Å²) in [6, 6.07) is -0.735. The summed E-state index contributed by atoms with van der Waals surface area (Å²) in [5.41, 5.74) is 2.29. The van der Waals surface area contributed by atoms with Crippen LogP contribution < -0.4 is 5.48 Å². The number of aliphatic hydroxyl groups excluding tert-OH is 2. The maximum atomic E-state index is 10.2. The lowest BCUT2D eigenvalue weighted by atomic mass is 10.2. The molecule has 0 radical (unpaired) electrons. The molecular formula is C6H13NO4. The van der Waals surface area contributed by atoms with Crippen molar-refractivity contribution in [3.63, 3.8) is 0 Å². The van der Waals surface area contributed by atoms with Gasteiger partial charge in [0.25, 0.3) is 0 Å². The van der Waals surface area contributed by atoms with Crippen molar-refractivity contribution in [3.05, 3.63) is 0 Å². The van der Waals surface area contributed by atoms with Gasteiger partial charge in [0.2, 0.25) is 0 Å². The molecule has 0 saturated carbocycles. The smallest absolute Gasteiger partial charge is 0.141 e. The van der Waals surface area contributed by atoms with Gasteiger partial charge in [0.1, 0.15) is 12.3 Å². The van der Waals surface area contributed by atoms with Crippen LogP contribution in [0.25, 0.3) is 0 Å². The van der Waals surface area contributed by atoms with E-state index < -0.39 is 12.1 Å². The highest BCUT2D eigenvalue weighted by molar-refractivity contribution is 5.58. The first kappa shape index (κ1) is 10.5. The normalized spacial score (nSPS) is 15.9. The van der Waals surface area contributed by atoms with Gasteiger partial charge < -0.3 is 15.0 Å². The van der Waals surface area contributed by atoms with E-state index in [0.717, 1.165) is 0 Å². The number of hydroxylamine groups is 1. The fourth-order valence-electron chi connectivity index (χ4n) is 0.441. The molecule has 2 atom stereocenters. The molecule has 0 saturated heterocycles. The Morgan fingerprint density at radius 3 is 2.73 bits per heavy atom. The zero-order valence-corrected chi connectivity index (χ0v) is 6.36. The maximum absolute atomic E-state index is 10.2. The first-order valence-corrected chi connectivity index (χ1v) is 3.34. The molecule has 3 N–H and O–H groups in total. The van der Waals surface area contributed by atoms with Crippen molar-refractivity contribution < 1.29 is 19.8 Å². The molecule has 0 aromatic heterocycles. The van der Waals surface area contributed by atoms with Gasteiger partial charge >= 0.3 is 0 Å². The van der Waals surface area contributed by atoms with Crippen molar-refractivity contribution in [3.8, 4) is 0 Å². The standard InChI is InChI=1S/C6H13NO4/c1-5(10)6(4-9)7-11-3-2-8/h4-8,10H,2-3H2,1H3/t5-,6-/m1/s1. The molecule has 0 aliphatic heterocycles. The Morgan fingerprint density at radius 1 is 1.73 bits per heavy atom. The first-order chi connectivity index (χ1) is 5.22. The van der Waals surface area contributed by atoms with Gasteiger partial charge in [0.15, 0.2) is 0 Å². The van der Waals surface area contributed by atoms with Gasteiger partial charge in [0.05, 0.1) is 19.3 Å². The van der Waals surface area contributed by atoms with Gasteiger partial charge in [-0.15, -0.1) is 0 Å². The van der Waals surface area contributed by atoms with Crippen molar-refractivity contribution in [1.82, 2.24) is 5.48 Å². The predicted octanol–water partition coefficient (Wildman–Crippen LogP) is -1.55. The van der Waals surface area contributed by atoms with E-state index in [2.05, 4.69) is 10.3 Å². The number of rotatable bonds is 6. The monoisotopic (exact) mass is 163 g/mol. The predicted molar refractivity (Wildman–Crippen MR) is 37.7 cm³/mol. The average Bonchev–Trinajstić information content (AvgIpc) is 1.97. The number of nitrogens with one attached hydrogen (secondary N) is 1. The van der Waals surface area contributed by atoms with Gasteiger partial charge in [-0.3, -0.25) is 4.84 Å². The Hall–Kier alpha value is -0.490. The van der Waals surface area contributed by atoms with Crippen molar-refractivity contribution in [2.45, 2.75) is 19.1 Å². The summed E-state index contributed by atoms with van der Waals surface area (Å²) in [4.78, 5) is 14.8. The number of aliphatic hydroxyl groups is 2. The minimum Gasteiger partial charge on any atom is -0.394 e. The van der Waals surface area contributed by atoms with E-state index in [1.807, 2.05) is 0 Å². The molecule has 0 aromatic rings. The van der Waals surface area contributed by atoms with Crippen LogP contribution in [0.1, 0.15) is 6.92 Å². The summed E-state index contributed by atoms with van der Waals surface area (Å²) in [6.07, 6.45) is -0.256. The zero-order valence-electron chi connectivity index (χ0n) is 6.36. The summed E-state index contributed by atoms with van der Waals surface area (Å²) in [6.45, 7) is 1.43. The summed E-state index contributed by atoms with van der Waals surface area (Å²) in [7, 11) is 0. The highest BCUT2D eigenvalue weighted by atomic mass is 16.6. The van der Waals surface area contributed by atoms with Crippen molar-refractivity contribution in [2.24, 2.45) is 0 Å². The van der Waals surface area contributed by atoms with Crippen LogP contribution in [0.4, 0.5) is 0 Å². The lowest BCUT2D eigenvalue weighted by molar-refractivity contribution is -0.118. The second-order valence-electron chi connectivity index (χ2n) is 2.09. The van der Waals surface area contributed by atoms with Crippen LogP contribution in [0.5, 0.6) is 0 Å². The van der Waals surface area contributed by atoms with Gasteiger partial charge in [-0.25, -0.2) is 0 Å². The van der Waals surface area contributed by atoms with E-state index in [1.54, 1.807) is 0 Å². The summed E-state index contributed by atoms with van der Waals surface area (Å²) in [5, 5.41) is 17.1. The SMILES string of the molecule is C[C@@H](O)[C@@H](C=O)NOCCO. The highest BCUT2D eigenvalue weighted by Gasteiger charge is 2.12. The lowest BCUT2D eigenvalue weighted by Crippen LogP contribution is -2.40. The Balaban J connectivity index is 3.44. The molecule has 0 heterocycles. The molecule has 0 rings (SSSR count). The van der Waals surface area contributed by atoms with E-state index in [9.17, 15) is 4.79 Å². The number of aldehydes is 1. The van der Waals surface area contributed by atoms with E-state index in [0.29, 0.717) is 6.29 Å². The second kappa shape index (κ2) is 6.23. The molecule has 66 valence electrons. The Morgan fingerprint density at radius 2 is 2.36 bits per heavy atom. The molecule has 0 fully saturated rings. The largest absolute Gasteiger partial charge is 0.394 e.